The van der Waals surface area contributed by atoms with Crippen molar-refractivity contribution in [3.05, 3.63) is 30.1 Å². The van der Waals surface area contributed by atoms with Gasteiger partial charge in [-0.1, -0.05) is 0 Å². The molecule has 2 rings (SSSR count). The van der Waals surface area contributed by atoms with Gasteiger partial charge in [0, 0.05) is 38.0 Å². The zero-order valence-corrected chi connectivity index (χ0v) is 8.51. The van der Waals surface area contributed by atoms with Gasteiger partial charge in [-0.25, -0.2) is 0 Å². The lowest BCUT2D eigenvalue weighted by molar-refractivity contribution is -0.133. The molecule has 78 valence electrons. The van der Waals surface area contributed by atoms with E-state index in [1.807, 2.05) is 0 Å². The van der Waals surface area contributed by atoms with Crippen molar-refractivity contribution < 1.29 is 9.59 Å². The molecule has 1 amide bonds. The Balaban J connectivity index is 1.98. The first-order valence-corrected chi connectivity index (χ1v) is 4.88. The Hall–Kier alpha value is -1.71. The lowest BCUT2D eigenvalue weighted by Crippen LogP contribution is -2.52. The highest BCUT2D eigenvalue weighted by Gasteiger charge is 2.34. The SMILES string of the molecule is CC(=O)N1CC(C(=O)c2cccnc2)C1. The number of pyridine rings is 1. The molecule has 1 fully saturated rings. The van der Waals surface area contributed by atoms with Crippen molar-refractivity contribution in [1.29, 1.82) is 0 Å². The van der Waals surface area contributed by atoms with E-state index in [2.05, 4.69) is 4.98 Å². The Morgan fingerprint density at radius 3 is 2.73 bits per heavy atom. The molecule has 0 aliphatic carbocycles. The van der Waals surface area contributed by atoms with Crippen LogP contribution in [0.25, 0.3) is 0 Å². The average molecular weight is 204 g/mol. The molecular weight excluding hydrogens is 192 g/mol. The van der Waals surface area contributed by atoms with Crippen molar-refractivity contribution in [2.45, 2.75) is 6.92 Å². The summed E-state index contributed by atoms with van der Waals surface area (Å²) in [4.78, 5) is 28.3. The normalized spacial score (nSPS) is 15.9. The standard InChI is InChI=1S/C11H12N2O2/c1-8(14)13-6-10(7-13)11(15)9-3-2-4-12-5-9/h2-5,10H,6-7H2,1H3. The predicted octanol–water partition coefficient (Wildman–Crippen LogP) is 0.743. The van der Waals surface area contributed by atoms with Gasteiger partial charge >= 0.3 is 0 Å². The first-order valence-electron chi connectivity index (χ1n) is 4.88. The minimum Gasteiger partial charge on any atom is -0.341 e. The quantitative estimate of drug-likeness (QED) is 0.668. The number of carbonyl (C=O) groups is 2. The molecule has 0 aromatic carbocycles. The number of rotatable bonds is 2. The monoisotopic (exact) mass is 204 g/mol. The fourth-order valence-electron chi connectivity index (χ4n) is 1.65. The number of ketones is 1. The van der Waals surface area contributed by atoms with E-state index < -0.39 is 0 Å². The molecule has 0 saturated carbocycles. The largest absolute Gasteiger partial charge is 0.341 e. The Kier molecular flexibility index (Phi) is 2.49. The molecule has 1 aromatic heterocycles. The minimum absolute atomic E-state index is 0.0326. The third-order valence-corrected chi connectivity index (χ3v) is 2.64. The summed E-state index contributed by atoms with van der Waals surface area (Å²) in [6.45, 7) is 2.61. The smallest absolute Gasteiger partial charge is 0.219 e. The summed E-state index contributed by atoms with van der Waals surface area (Å²) < 4.78 is 0. The molecule has 0 bridgehead atoms. The van der Waals surface area contributed by atoms with Gasteiger partial charge in [-0.05, 0) is 12.1 Å². The van der Waals surface area contributed by atoms with E-state index in [4.69, 9.17) is 0 Å². The molecule has 1 aliphatic rings. The van der Waals surface area contributed by atoms with Crippen LogP contribution in [0.3, 0.4) is 0 Å². The van der Waals surface area contributed by atoms with Crippen molar-refractivity contribution in [3.63, 3.8) is 0 Å². The molecule has 4 nitrogen and oxygen atoms in total. The number of amides is 1. The first-order chi connectivity index (χ1) is 7.18. The van der Waals surface area contributed by atoms with Crippen LogP contribution in [0, 0.1) is 5.92 Å². The highest BCUT2D eigenvalue weighted by atomic mass is 16.2. The van der Waals surface area contributed by atoms with Crippen molar-refractivity contribution >= 4 is 11.7 Å². The van der Waals surface area contributed by atoms with Gasteiger partial charge in [-0.15, -0.1) is 0 Å². The number of carbonyl (C=O) groups excluding carboxylic acids is 2. The van der Waals surface area contributed by atoms with Gasteiger partial charge < -0.3 is 4.90 Å². The summed E-state index contributed by atoms with van der Waals surface area (Å²) in [6.07, 6.45) is 3.21. The molecule has 1 aliphatic heterocycles. The van der Waals surface area contributed by atoms with Crippen LogP contribution in [0.5, 0.6) is 0 Å². The van der Waals surface area contributed by atoms with E-state index in [1.54, 1.807) is 29.4 Å². The Morgan fingerprint density at radius 2 is 2.20 bits per heavy atom. The number of aromatic nitrogens is 1. The van der Waals surface area contributed by atoms with E-state index in [1.165, 1.54) is 6.92 Å². The zero-order chi connectivity index (χ0) is 10.8. The van der Waals surface area contributed by atoms with Gasteiger partial charge in [0.05, 0.1) is 5.92 Å². The predicted molar refractivity (Wildman–Crippen MR) is 54.3 cm³/mol. The van der Waals surface area contributed by atoms with Crippen molar-refractivity contribution in [1.82, 2.24) is 9.88 Å². The highest BCUT2D eigenvalue weighted by molar-refractivity contribution is 5.99. The topological polar surface area (TPSA) is 50.3 Å². The molecule has 2 heterocycles. The average Bonchev–Trinajstić information content (AvgIpc) is 2.16. The van der Waals surface area contributed by atoms with Gasteiger partial charge in [0.25, 0.3) is 0 Å². The van der Waals surface area contributed by atoms with E-state index >= 15 is 0 Å². The number of likely N-dealkylation sites (tertiary alicyclic amines) is 1. The highest BCUT2D eigenvalue weighted by Crippen LogP contribution is 2.19. The van der Waals surface area contributed by atoms with Crippen LogP contribution in [-0.4, -0.2) is 34.7 Å². The second-order valence-electron chi connectivity index (χ2n) is 3.73. The molecule has 15 heavy (non-hydrogen) atoms. The van der Waals surface area contributed by atoms with Gasteiger partial charge in [0.2, 0.25) is 5.91 Å². The van der Waals surface area contributed by atoms with Crippen LogP contribution in [0.15, 0.2) is 24.5 Å². The van der Waals surface area contributed by atoms with E-state index in [9.17, 15) is 9.59 Å². The minimum atomic E-state index is -0.0434. The van der Waals surface area contributed by atoms with Crippen LogP contribution >= 0.6 is 0 Å². The first kappa shape index (κ1) is 9.83. The lowest BCUT2D eigenvalue weighted by atomic mass is 9.91. The van der Waals surface area contributed by atoms with Crippen molar-refractivity contribution in [2.24, 2.45) is 5.92 Å². The maximum Gasteiger partial charge on any atom is 0.219 e. The molecule has 4 heteroatoms. The third kappa shape index (κ3) is 1.88. The van der Waals surface area contributed by atoms with E-state index in [0.717, 1.165) is 0 Å². The number of Topliss-reactive ketones (excluding diaryl/α,β-unsaturated/α-hetero) is 1. The van der Waals surface area contributed by atoms with E-state index in [-0.39, 0.29) is 17.6 Å². The van der Waals surface area contributed by atoms with Crippen molar-refractivity contribution in [3.8, 4) is 0 Å². The number of hydrogen-bond donors (Lipinski definition) is 0. The van der Waals surface area contributed by atoms with Gasteiger partial charge in [0.15, 0.2) is 5.78 Å². The summed E-state index contributed by atoms with van der Waals surface area (Å²) >= 11 is 0. The van der Waals surface area contributed by atoms with Gasteiger partial charge in [0.1, 0.15) is 0 Å². The van der Waals surface area contributed by atoms with Gasteiger partial charge in [-0.3, -0.25) is 14.6 Å². The maximum absolute atomic E-state index is 11.8. The second-order valence-corrected chi connectivity index (χ2v) is 3.73. The van der Waals surface area contributed by atoms with Crippen LogP contribution in [0.1, 0.15) is 17.3 Å². The molecule has 1 saturated heterocycles. The fraction of sp³-hybridized carbons (Fsp3) is 0.364. The fourth-order valence-corrected chi connectivity index (χ4v) is 1.65. The summed E-state index contributed by atoms with van der Waals surface area (Å²) in [7, 11) is 0. The van der Waals surface area contributed by atoms with Gasteiger partial charge in [-0.2, -0.15) is 0 Å². The summed E-state index contributed by atoms with van der Waals surface area (Å²) in [5.41, 5.74) is 0.630. The number of nitrogens with zero attached hydrogens (tertiary/aromatic N) is 2. The van der Waals surface area contributed by atoms with Crippen LogP contribution < -0.4 is 0 Å². The lowest BCUT2D eigenvalue weighted by Gasteiger charge is -2.37. The molecule has 0 unspecified atom stereocenters. The molecule has 0 radical (unpaired) electrons. The summed E-state index contributed by atoms with van der Waals surface area (Å²) in [5, 5.41) is 0. The summed E-state index contributed by atoms with van der Waals surface area (Å²) in [6, 6.07) is 3.50. The Labute approximate surface area is 87.9 Å². The molecule has 0 atom stereocenters. The maximum atomic E-state index is 11.8. The van der Waals surface area contributed by atoms with Crippen molar-refractivity contribution in [2.75, 3.05) is 13.1 Å². The Morgan fingerprint density at radius 1 is 1.47 bits per heavy atom. The molecule has 0 spiro atoms. The summed E-state index contributed by atoms with van der Waals surface area (Å²) in [5.74, 6) is 0.0731. The van der Waals surface area contributed by atoms with Crippen LogP contribution in [0.2, 0.25) is 0 Å². The van der Waals surface area contributed by atoms with E-state index in [0.29, 0.717) is 18.7 Å². The number of hydrogen-bond acceptors (Lipinski definition) is 3. The Bertz CT molecular complexity index is 383. The van der Waals surface area contributed by atoms with Crippen LogP contribution in [-0.2, 0) is 4.79 Å². The molecule has 0 N–H and O–H groups in total. The second kappa shape index (κ2) is 3.81. The third-order valence-electron chi connectivity index (χ3n) is 2.64. The zero-order valence-electron chi connectivity index (χ0n) is 8.51. The molecular formula is C11H12N2O2. The van der Waals surface area contributed by atoms with Crippen LogP contribution in [0.4, 0.5) is 0 Å². The molecule has 1 aromatic rings.